The molecule has 2 aromatic rings. The Morgan fingerprint density at radius 3 is 2.64 bits per heavy atom. The number of aromatic hydroxyl groups is 2. The lowest BCUT2D eigenvalue weighted by molar-refractivity contribution is 0.0693. The Morgan fingerprint density at radius 1 is 1.23 bits per heavy atom. The number of nitrogens with zero attached hydrogens (tertiary/aromatic N) is 3. The first kappa shape index (κ1) is 14.1. The number of carboxylic acids is 1. The summed E-state index contributed by atoms with van der Waals surface area (Å²) in [6.45, 7) is 0.671. The zero-order valence-corrected chi connectivity index (χ0v) is 11.7. The van der Waals surface area contributed by atoms with Gasteiger partial charge in [-0.05, 0) is 31.0 Å². The van der Waals surface area contributed by atoms with Crippen LogP contribution in [-0.4, -0.2) is 37.8 Å². The first-order valence-electron chi connectivity index (χ1n) is 6.91. The number of anilines is 1. The van der Waals surface area contributed by atoms with E-state index in [-0.39, 0.29) is 22.9 Å². The van der Waals surface area contributed by atoms with Crippen LogP contribution in [0.5, 0.6) is 11.5 Å². The number of aromatic nitrogens is 2. The van der Waals surface area contributed by atoms with Crippen LogP contribution < -0.4 is 4.90 Å². The van der Waals surface area contributed by atoms with Crippen LogP contribution in [0.25, 0.3) is 0 Å². The minimum atomic E-state index is -1.24. The normalized spacial score (nSPS) is 17.6. The summed E-state index contributed by atoms with van der Waals surface area (Å²) >= 11 is 0. The third-order valence-corrected chi connectivity index (χ3v) is 3.82. The van der Waals surface area contributed by atoms with Gasteiger partial charge >= 0.3 is 5.97 Å². The largest absolute Gasteiger partial charge is 0.507 e. The smallest absolute Gasteiger partial charge is 0.339 e. The summed E-state index contributed by atoms with van der Waals surface area (Å²) in [4.78, 5) is 21.4. The van der Waals surface area contributed by atoms with Crippen molar-refractivity contribution in [3.63, 3.8) is 0 Å². The molecule has 0 bridgehead atoms. The van der Waals surface area contributed by atoms with E-state index >= 15 is 0 Å². The Kier molecular flexibility index (Phi) is 3.54. The lowest BCUT2D eigenvalue weighted by Crippen LogP contribution is -2.25. The zero-order chi connectivity index (χ0) is 15.7. The number of hydrogen-bond donors (Lipinski definition) is 3. The maximum absolute atomic E-state index is 11.2. The fraction of sp³-hybridized carbons (Fsp3) is 0.267. The molecule has 1 aliphatic heterocycles. The quantitative estimate of drug-likeness (QED) is 0.795. The Hall–Kier alpha value is -2.83. The molecule has 0 saturated carbocycles. The van der Waals surface area contributed by atoms with Gasteiger partial charge in [0.05, 0.1) is 11.6 Å². The molecule has 1 unspecified atom stereocenters. The molecule has 2 heterocycles. The summed E-state index contributed by atoms with van der Waals surface area (Å²) < 4.78 is 0. The Balaban J connectivity index is 2.07. The molecular formula is C15H15N3O4. The lowest BCUT2D eigenvalue weighted by atomic mass is 9.99. The van der Waals surface area contributed by atoms with Crippen LogP contribution in [0.4, 0.5) is 5.95 Å². The summed E-state index contributed by atoms with van der Waals surface area (Å²) in [5, 5.41) is 29.5. The van der Waals surface area contributed by atoms with Crippen molar-refractivity contribution >= 4 is 11.9 Å². The number of carbonyl (C=O) groups is 1. The van der Waals surface area contributed by atoms with E-state index in [1.54, 1.807) is 18.5 Å². The van der Waals surface area contributed by atoms with Gasteiger partial charge in [0.1, 0.15) is 17.1 Å². The standard InChI is InChI=1S/C15H15N3O4/c19-11-5-4-9(14(21)22)13(20)12(11)10-3-1-8-18(10)15-16-6-2-7-17-15/h2,4-7,10,19-20H,1,3,8H2,(H,21,22). The Bertz CT molecular complexity index is 705. The van der Waals surface area contributed by atoms with Crippen molar-refractivity contribution in [2.24, 2.45) is 0 Å². The first-order chi connectivity index (χ1) is 10.6. The average Bonchev–Trinajstić information content (AvgIpc) is 2.97. The molecule has 0 aliphatic carbocycles. The summed E-state index contributed by atoms with van der Waals surface area (Å²) in [5.74, 6) is -1.28. The van der Waals surface area contributed by atoms with Crippen LogP contribution in [0.1, 0.15) is 34.8 Å². The van der Waals surface area contributed by atoms with E-state index < -0.39 is 11.7 Å². The maximum atomic E-state index is 11.2. The zero-order valence-electron chi connectivity index (χ0n) is 11.7. The third-order valence-electron chi connectivity index (χ3n) is 3.82. The molecule has 1 fully saturated rings. The molecule has 7 nitrogen and oxygen atoms in total. The van der Waals surface area contributed by atoms with E-state index in [2.05, 4.69) is 9.97 Å². The van der Waals surface area contributed by atoms with Gasteiger partial charge in [-0.1, -0.05) is 0 Å². The number of benzene rings is 1. The molecular weight excluding hydrogens is 286 g/mol. The monoisotopic (exact) mass is 301 g/mol. The second kappa shape index (κ2) is 5.51. The highest BCUT2D eigenvalue weighted by atomic mass is 16.4. The van der Waals surface area contributed by atoms with E-state index in [4.69, 9.17) is 5.11 Å². The molecule has 1 atom stereocenters. The minimum Gasteiger partial charge on any atom is -0.507 e. The van der Waals surface area contributed by atoms with Crippen molar-refractivity contribution in [1.29, 1.82) is 0 Å². The van der Waals surface area contributed by atoms with Crippen molar-refractivity contribution in [2.75, 3.05) is 11.4 Å². The van der Waals surface area contributed by atoms with Crippen LogP contribution in [0.2, 0.25) is 0 Å². The number of phenols is 2. The van der Waals surface area contributed by atoms with Crippen molar-refractivity contribution in [3.8, 4) is 11.5 Å². The van der Waals surface area contributed by atoms with E-state index in [0.29, 0.717) is 18.9 Å². The highest BCUT2D eigenvalue weighted by Gasteiger charge is 2.33. The number of hydrogen-bond acceptors (Lipinski definition) is 6. The van der Waals surface area contributed by atoms with E-state index in [1.807, 2.05) is 4.90 Å². The van der Waals surface area contributed by atoms with Gasteiger partial charge < -0.3 is 20.2 Å². The molecule has 0 amide bonds. The molecule has 0 radical (unpaired) electrons. The van der Waals surface area contributed by atoms with Crippen molar-refractivity contribution < 1.29 is 20.1 Å². The van der Waals surface area contributed by atoms with E-state index in [9.17, 15) is 15.0 Å². The SMILES string of the molecule is O=C(O)c1ccc(O)c(C2CCCN2c2ncccn2)c1O. The van der Waals surface area contributed by atoms with Gasteiger partial charge in [-0.3, -0.25) is 0 Å². The third kappa shape index (κ3) is 2.30. The fourth-order valence-electron chi connectivity index (χ4n) is 2.84. The number of carboxylic acid groups (broad SMARTS) is 1. The van der Waals surface area contributed by atoms with Gasteiger partial charge in [0.15, 0.2) is 0 Å². The van der Waals surface area contributed by atoms with Gasteiger partial charge in [-0.25, -0.2) is 14.8 Å². The number of aromatic carboxylic acids is 1. The maximum Gasteiger partial charge on any atom is 0.339 e. The van der Waals surface area contributed by atoms with Gasteiger partial charge in [0, 0.05) is 18.9 Å². The van der Waals surface area contributed by atoms with Crippen LogP contribution in [0.3, 0.4) is 0 Å². The van der Waals surface area contributed by atoms with Crippen molar-refractivity contribution in [2.45, 2.75) is 18.9 Å². The van der Waals surface area contributed by atoms with Gasteiger partial charge in [-0.15, -0.1) is 0 Å². The molecule has 0 spiro atoms. The molecule has 1 aromatic carbocycles. The Labute approximate surface area is 126 Å². The number of rotatable bonds is 3. The fourth-order valence-corrected chi connectivity index (χ4v) is 2.84. The predicted molar refractivity (Wildman–Crippen MR) is 78.1 cm³/mol. The minimum absolute atomic E-state index is 0.129. The van der Waals surface area contributed by atoms with Crippen molar-refractivity contribution in [1.82, 2.24) is 9.97 Å². The molecule has 22 heavy (non-hydrogen) atoms. The summed E-state index contributed by atoms with van der Waals surface area (Å²) in [5.41, 5.74) is -0.0153. The number of phenolic OH excluding ortho intramolecular Hbond substituents is 1. The van der Waals surface area contributed by atoms with E-state index in [0.717, 1.165) is 6.42 Å². The van der Waals surface area contributed by atoms with Crippen LogP contribution >= 0.6 is 0 Å². The first-order valence-corrected chi connectivity index (χ1v) is 6.91. The predicted octanol–water partition coefficient (Wildman–Crippen LogP) is 1.93. The van der Waals surface area contributed by atoms with Gasteiger partial charge in [0.25, 0.3) is 0 Å². The van der Waals surface area contributed by atoms with Crippen LogP contribution in [-0.2, 0) is 0 Å². The molecule has 1 saturated heterocycles. The van der Waals surface area contributed by atoms with Crippen LogP contribution in [0, 0.1) is 0 Å². The molecule has 1 aliphatic rings. The summed E-state index contributed by atoms with van der Waals surface area (Å²) in [7, 11) is 0. The molecule has 1 aromatic heterocycles. The highest BCUT2D eigenvalue weighted by Crippen LogP contribution is 2.44. The topological polar surface area (TPSA) is 107 Å². The average molecular weight is 301 g/mol. The molecule has 7 heteroatoms. The van der Waals surface area contributed by atoms with Crippen LogP contribution in [0.15, 0.2) is 30.6 Å². The Morgan fingerprint density at radius 2 is 1.95 bits per heavy atom. The summed E-state index contributed by atoms with van der Waals surface area (Å²) in [6, 6.07) is 3.83. The summed E-state index contributed by atoms with van der Waals surface area (Å²) in [6.07, 6.45) is 4.73. The molecule has 3 rings (SSSR count). The van der Waals surface area contributed by atoms with Crippen molar-refractivity contribution in [3.05, 3.63) is 41.7 Å². The highest BCUT2D eigenvalue weighted by molar-refractivity contribution is 5.92. The van der Waals surface area contributed by atoms with Gasteiger partial charge in [-0.2, -0.15) is 0 Å². The second-order valence-corrected chi connectivity index (χ2v) is 5.10. The molecule has 3 N–H and O–H groups in total. The molecule has 114 valence electrons. The lowest BCUT2D eigenvalue weighted by Gasteiger charge is -2.26. The second-order valence-electron chi connectivity index (χ2n) is 5.10. The van der Waals surface area contributed by atoms with Gasteiger partial charge in [0.2, 0.25) is 5.95 Å². The van der Waals surface area contributed by atoms with E-state index in [1.165, 1.54) is 12.1 Å².